The molecule has 0 aliphatic rings. The molecule has 0 aliphatic heterocycles. The van der Waals surface area contributed by atoms with E-state index >= 15 is 0 Å². The maximum absolute atomic E-state index is 5.55. The van der Waals surface area contributed by atoms with E-state index in [4.69, 9.17) is 4.74 Å². The van der Waals surface area contributed by atoms with Crippen LogP contribution in [0.2, 0.25) is 0 Å². The van der Waals surface area contributed by atoms with Crippen molar-refractivity contribution in [2.24, 2.45) is 0 Å². The van der Waals surface area contributed by atoms with E-state index < -0.39 is 0 Å². The number of anilines is 3. The third-order valence-electron chi connectivity index (χ3n) is 9.74. The van der Waals surface area contributed by atoms with Gasteiger partial charge in [0.05, 0.1) is 29.2 Å². The Bertz CT molecular complexity index is 2480. The second kappa shape index (κ2) is 11.5. The fraction of sp³-hybridized carbons (Fsp3) is 0.0667. The molecule has 0 aliphatic carbocycles. The molecule has 9 rings (SSSR count). The van der Waals surface area contributed by atoms with Gasteiger partial charge < -0.3 is 18.8 Å². The summed E-state index contributed by atoms with van der Waals surface area (Å²) in [5.41, 5.74) is 12.8. The number of hydrogen-bond acceptors (Lipinski definition) is 2. The van der Waals surface area contributed by atoms with Crippen LogP contribution in [0.4, 0.5) is 17.1 Å². The predicted molar refractivity (Wildman–Crippen MR) is 206 cm³/mol. The molecule has 0 saturated heterocycles. The second-order valence-electron chi connectivity index (χ2n) is 12.8. The van der Waals surface area contributed by atoms with Gasteiger partial charge in [0.15, 0.2) is 0 Å². The smallest absolute Gasteiger partial charge is 0.119 e. The van der Waals surface area contributed by atoms with Gasteiger partial charge in [0.1, 0.15) is 5.75 Å². The predicted octanol–water partition coefficient (Wildman–Crippen LogP) is 12.0. The molecule has 9 aromatic rings. The summed E-state index contributed by atoms with van der Waals surface area (Å²) < 4.78 is 10.3. The SMILES string of the molecule is COc1ccc(N(c2ccc3c(c2)c2ccccc2n3-c2ccc(C)cc2)c2ccc3c(c2)c2ccccc2n3-c2ccc(C)cc2)cc1. The Morgan fingerprint density at radius 3 is 1.27 bits per heavy atom. The molecule has 0 N–H and O–H groups in total. The number of aryl methyl sites for hydroxylation is 2. The van der Waals surface area contributed by atoms with Crippen LogP contribution < -0.4 is 9.64 Å². The lowest BCUT2D eigenvalue weighted by atomic mass is 10.1. The number of aromatic nitrogens is 2. The van der Waals surface area contributed by atoms with Crippen LogP contribution in [-0.2, 0) is 0 Å². The van der Waals surface area contributed by atoms with Crippen LogP contribution in [0.1, 0.15) is 11.1 Å². The summed E-state index contributed by atoms with van der Waals surface area (Å²) in [4.78, 5) is 2.36. The van der Waals surface area contributed by atoms with Gasteiger partial charge in [0, 0.05) is 50.0 Å². The molecule has 0 spiro atoms. The largest absolute Gasteiger partial charge is 0.497 e. The van der Waals surface area contributed by atoms with Crippen molar-refractivity contribution < 1.29 is 4.74 Å². The standard InChI is InChI=1S/C45H35N3O/c1-30-12-16-33(17-13-30)47-42-10-6-4-8-38(42)40-28-35(22-26-44(40)47)46(32-20-24-37(49-3)25-21-32)36-23-27-45-41(29-36)39-9-5-7-11-43(39)48(45)34-18-14-31(2)15-19-34/h4-29H,1-3H3. The summed E-state index contributed by atoms with van der Waals surface area (Å²) in [5, 5.41) is 4.88. The van der Waals surface area contributed by atoms with Crippen LogP contribution in [0.15, 0.2) is 158 Å². The van der Waals surface area contributed by atoms with Crippen molar-refractivity contribution in [1.82, 2.24) is 9.13 Å². The highest BCUT2D eigenvalue weighted by Crippen LogP contribution is 2.42. The first-order valence-electron chi connectivity index (χ1n) is 16.7. The first kappa shape index (κ1) is 28.9. The number of nitrogens with zero attached hydrogens (tertiary/aromatic N) is 3. The van der Waals surface area contributed by atoms with Crippen molar-refractivity contribution in [3.63, 3.8) is 0 Å². The van der Waals surface area contributed by atoms with Crippen molar-refractivity contribution in [3.8, 4) is 17.1 Å². The Balaban J connectivity index is 1.27. The van der Waals surface area contributed by atoms with E-state index in [-0.39, 0.29) is 0 Å². The first-order chi connectivity index (χ1) is 24.1. The molecule has 2 heterocycles. The van der Waals surface area contributed by atoms with Crippen molar-refractivity contribution in [1.29, 1.82) is 0 Å². The zero-order chi connectivity index (χ0) is 33.1. The average Bonchev–Trinajstić information content (AvgIpc) is 3.65. The quantitative estimate of drug-likeness (QED) is 0.182. The molecule has 236 valence electrons. The first-order valence-corrected chi connectivity index (χ1v) is 16.7. The number of para-hydroxylation sites is 2. The minimum absolute atomic E-state index is 0.831. The highest BCUT2D eigenvalue weighted by atomic mass is 16.5. The van der Waals surface area contributed by atoms with Crippen molar-refractivity contribution >= 4 is 60.7 Å². The number of rotatable bonds is 6. The normalized spacial score (nSPS) is 11.6. The summed E-state index contributed by atoms with van der Waals surface area (Å²) in [5.74, 6) is 0.831. The van der Waals surface area contributed by atoms with E-state index in [1.165, 1.54) is 54.7 Å². The highest BCUT2D eigenvalue weighted by Gasteiger charge is 2.20. The lowest BCUT2D eigenvalue weighted by Crippen LogP contribution is -2.10. The Morgan fingerprint density at radius 1 is 0.408 bits per heavy atom. The molecule has 0 amide bonds. The summed E-state index contributed by atoms with van der Waals surface area (Å²) in [6.07, 6.45) is 0. The van der Waals surface area contributed by atoms with Gasteiger partial charge in [-0.2, -0.15) is 0 Å². The van der Waals surface area contributed by atoms with E-state index in [1.807, 2.05) is 12.1 Å². The van der Waals surface area contributed by atoms with Crippen LogP contribution in [0.25, 0.3) is 55.0 Å². The number of methoxy groups -OCH3 is 1. The highest BCUT2D eigenvalue weighted by molar-refractivity contribution is 6.12. The van der Waals surface area contributed by atoms with Crippen LogP contribution >= 0.6 is 0 Å². The summed E-state index contributed by atoms with van der Waals surface area (Å²) in [6.45, 7) is 4.26. The molecule has 4 heteroatoms. The van der Waals surface area contributed by atoms with Crippen molar-refractivity contribution in [2.75, 3.05) is 12.0 Å². The number of ether oxygens (including phenoxy) is 1. The molecule has 4 nitrogen and oxygen atoms in total. The van der Waals surface area contributed by atoms with E-state index in [0.717, 1.165) is 34.2 Å². The average molecular weight is 634 g/mol. The van der Waals surface area contributed by atoms with Crippen LogP contribution in [-0.4, -0.2) is 16.2 Å². The van der Waals surface area contributed by atoms with E-state index in [0.29, 0.717) is 0 Å². The minimum atomic E-state index is 0.831. The Hall–Kier alpha value is -6.26. The van der Waals surface area contributed by atoms with E-state index in [1.54, 1.807) is 7.11 Å². The zero-order valence-electron chi connectivity index (χ0n) is 27.8. The van der Waals surface area contributed by atoms with Crippen LogP contribution in [0.5, 0.6) is 5.75 Å². The minimum Gasteiger partial charge on any atom is -0.497 e. The molecule has 7 aromatic carbocycles. The molecule has 0 radical (unpaired) electrons. The molecule has 0 saturated carbocycles. The molecule has 49 heavy (non-hydrogen) atoms. The van der Waals surface area contributed by atoms with Crippen molar-refractivity contribution in [2.45, 2.75) is 13.8 Å². The lowest BCUT2D eigenvalue weighted by molar-refractivity contribution is 0.415. The number of hydrogen-bond donors (Lipinski definition) is 0. The van der Waals surface area contributed by atoms with Gasteiger partial charge in [-0.15, -0.1) is 0 Å². The third kappa shape index (κ3) is 4.76. The van der Waals surface area contributed by atoms with Gasteiger partial charge in [-0.05, 0) is 111 Å². The maximum Gasteiger partial charge on any atom is 0.119 e. The molecular formula is C45H35N3O. The summed E-state index contributed by atoms with van der Waals surface area (Å²) in [6, 6.07) is 57.0. The van der Waals surface area contributed by atoms with Crippen LogP contribution in [0, 0.1) is 13.8 Å². The topological polar surface area (TPSA) is 22.3 Å². The zero-order valence-corrected chi connectivity index (χ0v) is 27.8. The van der Waals surface area contributed by atoms with Gasteiger partial charge in [-0.25, -0.2) is 0 Å². The fourth-order valence-corrected chi connectivity index (χ4v) is 7.32. The van der Waals surface area contributed by atoms with Gasteiger partial charge >= 0.3 is 0 Å². The van der Waals surface area contributed by atoms with Gasteiger partial charge in [-0.3, -0.25) is 0 Å². The molecule has 0 bridgehead atoms. The third-order valence-corrected chi connectivity index (χ3v) is 9.74. The maximum atomic E-state index is 5.55. The monoisotopic (exact) mass is 633 g/mol. The van der Waals surface area contributed by atoms with E-state index in [2.05, 4.69) is 173 Å². The second-order valence-corrected chi connectivity index (χ2v) is 12.8. The molecule has 0 atom stereocenters. The Morgan fingerprint density at radius 2 is 0.816 bits per heavy atom. The van der Waals surface area contributed by atoms with E-state index in [9.17, 15) is 0 Å². The lowest BCUT2D eigenvalue weighted by Gasteiger charge is -2.26. The molecule has 2 aromatic heterocycles. The summed E-state index contributed by atoms with van der Waals surface area (Å²) in [7, 11) is 1.71. The van der Waals surface area contributed by atoms with Crippen molar-refractivity contribution in [3.05, 3.63) is 169 Å². The number of fused-ring (bicyclic) bond motifs is 6. The van der Waals surface area contributed by atoms with Crippen LogP contribution in [0.3, 0.4) is 0 Å². The molecular weight excluding hydrogens is 599 g/mol. The van der Waals surface area contributed by atoms with Gasteiger partial charge in [0.25, 0.3) is 0 Å². The molecule has 0 unspecified atom stereocenters. The van der Waals surface area contributed by atoms with Gasteiger partial charge in [0.2, 0.25) is 0 Å². The number of benzene rings is 7. The fourth-order valence-electron chi connectivity index (χ4n) is 7.32. The Kier molecular flexibility index (Phi) is 6.77. The Labute approximate surface area is 285 Å². The molecule has 0 fully saturated rings. The summed E-state index contributed by atoms with van der Waals surface area (Å²) >= 11 is 0. The van der Waals surface area contributed by atoms with Gasteiger partial charge in [-0.1, -0.05) is 71.8 Å².